The molecular formula is C67H112O6. The Morgan fingerprint density at radius 1 is 0.274 bits per heavy atom. The van der Waals surface area contributed by atoms with Gasteiger partial charge in [-0.05, 0) is 122 Å². The Labute approximate surface area is 450 Å². The number of carbonyl (C=O) groups is 3. The van der Waals surface area contributed by atoms with Gasteiger partial charge in [-0.2, -0.15) is 0 Å². The Morgan fingerprint density at radius 3 is 0.863 bits per heavy atom. The lowest BCUT2D eigenvalue weighted by Crippen LogP contribution is -2.30. The van der Waals surface area contributed by atoms with Crippen LogP contribution < -0.4 is 0 Å². The molecule has 0 amide bonds. The molecule has 6 nitrogen and oxygen atoms in total. The van der Waals surface area contributed by atoms with Crippen LogP contribution in [0.15, 0.2) is 109 Å². The summed E-state index contributed by atoms with van der Waals surface area (Å²) >= 11 is 0. The summed E-state index contributed by atoms with van der Waals surface area (Å²) in [6, 6.07) is 0. The van der Waals surface area contributed by atoms with Gasteiger partial charge >= 0.3 is 17.9 Å². The van der Waals surface area contributed by atoms with Gasteiger partial charge in [0.25, 0.3) is 0 Å². The van der Waals surface area contributed by atoms with Crippen LogP contribution in [0.3, 0.4) is 0 Å². The quantitative estimate of drug-likeness (QED) is 0.0261. The summed E-state index contributed by atoms with van der Waals surface area (Å²) in [5.74, 6) is -1.02. The lowest BCUT2D eigenvalue weighted by atomic mass is 10.1. The third-order valence-corrected chi connectivity index (χ3v) is 12.7. The van der Waals surface area contributed by atoms with Crippen LogP contribution in [0.4, 0.5) is 0 Å². The number of ether oxygens (including phenoxy) is 3. The van der Waals surface area contributed by atoms with E-state index >= 15 is 0 Å². The summed E-state index contributed by atoms with van der Waals surface area (Å²) in [6.07, 6.45) is 82.3. The highest BCUT2D eigenvalue weighted by atomic mass is 16.6. The minimum atomic E-state index is -0.831. The van der Waals surface area contributed by atoms with Crippen molar-refractivity contribution in [3.05, 3.63) is 109 Å². The summed E-state index contributed by atoms with van der Waals surface area (Å²) in [5.41, 5.74) is 0. The van der Waals surface area contributed by atoms with E-state index < -0.39 is 12.1 Å². The second kappa shape index (κ2) is 60.6. The van der Waals surface area contributed by atoms with E-state index in [2.05, 4.69) is 124 Å². The maximum atomic E-state index is 12.9. The molecule has 0 radical (unpaired) electrons. The molecule has 0 spiro atoms. The van der Waals surface area contributed by atoms with Gasteiger partial charge < -0.3 is 14.2 Å². The highest BCUT2D eigenvalue weighted by molar-refractivity contribution is 5.71. The van der Waals surface area contributed by atoms with E-state index in [0.29, 0.717) is 19.3 Å². The number of hydrogen-bond acceptors (Lipinski definition) is 6. The fourth-order valence-corrected chi connectivity index (χ4v) is 8.13. The molecule has 0 saturated carbocycles. The maximum absolute atomic E-state index is 12.9. The Morgan fingerprint density at radius 2 is 0.521 bits per heavy atom. The van der Waals surface area contributed by atoms with Gasteiger partial charge in [-0.15, -0.1) is 0 Å². The zero-order valence-corrected chi connectivity index (χ0v) is 47.6. The average molecular weight is 1010 g/mol. The zero-order valence-electron chi connectivity index (χ0n) is 47.6. The molecule has 416 valence electrons. The van der Waals surface area contributed by atoms with Gasteiger partial charge in [0.1, 0.15) is 13.2 Å². The second-order valence-corrected chi connectivity index (χ2v) is 19.9. The smallest absolute Gasteiger partial charge is 0.306 e. The van der Waals surface area contributed by atoms with Gasteiger partial charge in [-0.1, -0.05) is 246 Å². The summed E-state index contributed by atoms with van der Waals surface area (Å²) in [6.45, 7) is 6.51. The maximum Gasteiger partial charge on any atom is 0.306 e. The molecular weight excluding hydrogens is 901 g/mol. The van der Waals surface area contributed by atoms with Crippen molar-refractivity contribution in [1.82, 2.24) is 0 Å². The van der Waals surface area contributed by atoms with Crippen molar-refractivity contribution in [2.45, 2.75) is 284 Å². The number of allylic oxidation sites excluding steroid dienone is 18. The fraction of sp³-hybridized carbons (Fsp3) is 0.687. The average Bonchev–Trinajstić information content (AvgIpc) is 3.39. The predicted octanol–water partition coefficient (Wildman–Crippen LogP) is 20.7. The fourth-order valence-electron chi connectivity index (χ4n) is 8.13. The van der Waals surface area contributed by atoms with Crippen LogP contribution in [0.25, 0.3) is 0 Å². The van der Waals surface area contributed by atoms with Gasteiger partial charge in [0.05, 0.1) is 0 Å². The lowest BCUT2D eigenvalue weighted by Gasteiger charge is -2.18. The molecule has 6 heteroatoms. The van der Waals surface area contributed by atoms with Crippen molar-refractivity contribution < 1.29 is 28.6 Å². The number of carbonyl (C=O) groups excluding carboxylic acids is 3. The SMILES string of the molecule is CCCCC/C=C\C/C=C\C/C=C\C/C=C\C/C=C\CCC(=O)O[C@H](COC(=O)CCCCCC/C=C\C/C=C\C/C=C\CCCCC)COC(=O)CCCCCCCCCCC/C=C\CCCCCCCC. The summed E-state index contributed by atoms with van der Waals surface area (Å²) in [4.78, 5) is 38.2. The van der Waals surface area contributed by atoms with Crippen LogP contribution in [0.1, 0.15) is 278 Å². The molecule has 0 saturated heterocycles. The Bertz CT molecular complexity index is 1490. The zero-order chi connectivity index (χ0) is 52.9. The van der Waals surface area contributed by atoms with E-state index in [9.17, 15) is 14.4 Å². The third-order valence-electron chi connectivity index (χ3n) is 12.7. The molecule has 0 fully saturated rings. The van der Waals surface area contributed by atoms with Crippen molar-refractivity contribution in [3.8, 4) is 0 Å². The van der Waals surface area contributed by atoms with Gasteiger partial charge in [-0.3, -0.25) is 14.4 Å². The van der Waals surface area contributed by atoms with Crippen molar-refractivity contribution in [1.29, 1.82) is 0 Å². The molecule has 0 heterocycles. The van der Waals surface area contributed by atoms with Crippen LogP contribution >= 0.6 is 0 Å². The largest absolute Gasteiger partial charge is 0.462 e. The van der Waals surface area contributed by atoms with Gasteiger partial charge in [0.15, 0.2) is 6.10 Å². The Hall–Kier alpha value is -3.93. The molecule has 0 N–H and O–H groups in total. The van der Waals surface area contributed by atoms with Crippen LogP contribution in [0.5, 0.6) is 0 Å². The Balaban J connectivity index is 4.54. The van der Waals surface area contributed by atoms with E-state index in [1.54, 1.807) is 0 Å². The molecule has 0 aliphatic rings. The minimum Gasteiger partial charge on any atom is -0.462 e. The molecule has 0 aliphatic heterocycles. The predicted molar refractivity (Wildman–Crippen MR) is 316 cm³/mol. The van der Waals surface area contributed by atoms with E-state index in [1.165, 1.54) is 141 Å². The highest BCUT2D eigenvalue weighted by Gasteiger charge is 2.19. The number of hydrogen-bond donors (Lipinski definition) is 0. The van der Waals surface area contributed by atoms with Gasteiger partial charge in [0.2, 0.25) is 0 Å². The van der Waals surface area contributed by atoms with Crippen LogP contribution in [-0.2, 0) is 28.6 Å². The topological polar surface area (TPSA) is 78.9 Å². The standard InChI is InChI=1S/C67H112O6/c1-4-7-10-13-16-19-22-25-28-31-33-36-39-42-45-48-51-54-57-60-66(69)72-63-64(62-71-65(68)59-56-53-50-47-44-41-38-35-30-27-24-21-18-15-12-9-6-3)73-67(70)61-58-55-52-49-46-43-40-37-34-32-29-26-23-20-17-14-11-8-5-2/h17-18,20-21,25-30,34,37-38,41,43,46,52,55,64H,4-16,19,22-24,31-33,35-36,39-40,42,44-45,47-51,53-54,56-63H2,1-3H3/b20-17-,21-18-,28-25-,29-26-,30-27-,37-34-,41-38-,46-43-,55-52-/t64-/m1/s1. The normalized spacial score (nSPS) is 12.9. The molecule has 1 atom stereocenters. The molecule has 73 heavy (non-hydrogen) atoms. The number of esters is 3. The van der Waals surface area contributed by atoms with Crippen molar-refractivity contribution in [2.75, 3.05) is 13.2 Å². The summed E-state index contributed by atoms with van der Waals surface area (Å²) in [7, 11) is 0. The van der Waals surface area contributed by atoms with Crippen molar-refractivity contribution in [3.63, 3.8) is 0 Å². The van der Waals surface area contributed by atoms with Gasteiger partial charge in [-0.25, -0.2) is 0 Å². The molecule has 0 aromatic rings. The molecule has 0 unspecified atom stereocenters. The molecule has 0 bridgehead atoms. The first-order chi connectivity index (χ1) is 36.0. The molecule has 0 aromatic heterocycles. The third kappa shape index (κ3) is 58.8. The monoisotopic (exact) mass is 1010 g/mol. The van der Waals surface area contributed by atoms with Crippen molar-refractivity contribution in [2.24, 2.45) is 0 Å². The Kier molecular flexibility index (Phi) is 57.4. The van der Waals surface area contributed by atoms with Crippen LogP contribution in [-0.4, -0.2) is 37.2 Å². The summed E-state index contributed by atoms with van der Waals surface area (Å²) in [5, 5.41) is 0. The number of rotatable bonds is 54. The first kappa shape index (κ1) is 69.1. The van der Waals surface area contributed by atoms with Gasteiger partial charge in [0, 0.05) is 19.3 Å². The summed E-state index contributed by atoms with van der Waals surface area (Å²) < 4.78 is 16.8. The van der Waals surface area contributed by atoms with E-state index in [1.807, 2.05) is 6.08 Å². The molecule has 0 aliphatic carbocycles. The first-order valence-electron chi connectivity index (χ1n) is 30.4. The number of unbranched alkanes of at least 4 members (excludes halogenated alkanes) is 25. The highest BCUT2D eigenvalue weighted by Crippen LogP contribution is 2.14. The van der Waals surface area contributed by atoms with Crippen LogP contribution in [0, 0.1) is 0 Å². The lowest BCUT2D eigenvalue weighted by molar-refractivity contribution is -0.166. The molecule has 0 rings (SSSR count). The van der Waals surface area contributed by atoms with E-state index in [0.717, 1.165) is 89.9 Å². The molecule has 0 aromatic carbocycles. The first-order valence-corrected chi connectivity index (χ1v) is 30.4. The second-order valence-electron chi connectivity index (χ2n) is 19.9. The van der Waals surface area contributed by atoms with E-state index in [-0.39, 0.29) is 31.6 Å². The van der Waals surface area contributed by atoms with Crippen LogP contribution in [0.2, 0.25) is 0 Å². The van der Waals surface area contributed by atoms with Crippen molar-refractivity contribution >= 4 is 17.9 Å². The van der Waals surface area contributed by atoms with E-state index in [4.69, 9.17) is 14.2 Å². The minimum absolute atomic E-state index is 0.117.